The Kier molecular flexibility index (Phi) is 8.53. The third kappa shape index (κ3) is 6.12. The second kappa shape index (κ2) is 11.4. The van der Waals surface area contributed by atoms with E-state index < -0.39 is 59.5 Å². The van der Waals surface area contributed by atoms with Gasteiger partial charge in [0.1, 0.15) is 16.8 Å². The molecule has 0 saturated heterocycles. The third-order valence-corrected chi connectivity index (χ3v) is 6.98. The zero-order valence-corrected chi connectivity index (χ0v) is 19.6. The predicted molar refractivity (Wildman–Crippen MR) is 124 cm³/mol. The van der Waals surface area contributed by atoms with Gasteiger partial charge < -0.3 is 20.4 Å². The largest absolute Gasteiger partial charge is 0.481 e. The van der Waals surface area contributed by atoms with Gasteiger partial charge in [0, 0.05) is 37.2 Å². The van der Waals surface area contributed by atoms with Gasteiger partial charge in [-0.15, -0.1) is 0 Å². The lowest BCUT2D eigenvalue weighted by atomic mass is 10.1. The highest BCUT2D eigenvalue weighted by Crippen LogP contribution is 2.30. The molecule has 0 aliphatic heterocycles. The van der Waals surface area contributed by atoms with Crippen molar-refractivity contribution in [2.75, 3.05) is 13.2 Å². The molecule has 0 fully saturated rings. The topological polar surface area (TPSA) is 170 Å². The average molecular weight is 522 g/mol. The van der Waals surface area contributed by atoms with E-state index in [1.807, 2.05) is 0 Å². The van der Waals surface area contributed by atoms with E-state index in [0.29, 0.717) is 0 Å². The molecule has 2 unspecified atom stereocenters. The van der Waals surface area contributed by atoms with Crippen molar-refractivity contribution in [1.29, 1.82) is 0 Å². The number of halogens is 1. The molecule has 0 spiro atoms. The van der Waals surface area contributed by atoms with E-state index in [0.717, 1.165) is 21.1 Å². The smallest absolute Gasteiger partial charge is 0.321 e. The van der Waals surface area contributed by atoms with Crippen LogP contribution in [0.5, 0.6) is 0 Å². The van der Waals surface area contributed by atoms with Gasteiger partial charge in [0.2, 0.25) is 0 Å². The molecule has 1 aromatic carbocycles. The summed E-state index contributed by atoms with van der Waals surface area (Å²) in [7, 11) is -4.26. The molecular formula is C23H24FN3O8S. The van der Waals surface area contributed by atoms with Gasteiger partial charge in [0.15, 0.2) is 0 Å². The third-order valence-electron chi connectivity index (χ3n) is 5.32. The molecule has 2 aromatic heterocycles. The Balaban J connectivity index is 2.13. The van der Waals surface area contributed by atoms with Crippen molar-refractivity contribution in [1.82, 2.24) is 13.9 Å². The monoisotopic (exact) mass is 521 g/mol. The number of carboxylic acid groups (broad SMARTS) is 2. The normalized spacial score (nSPS) is 13.4. The minimum Gasteiger partial charge on any atom is -0.481 e. The molecule has 13 heteroatoms. The van der Waals surface area contributed by atoms with Crippen molar-refractivity contribution in [3.63, 3.8) is 0 Å². The Hall–Kier alpha value is -3.65. The van der Waals surface area contributed by atoms with Crippen LogP contribution in [0.1, 0.15) is 12.0 Å². The van der Waals surface area contributed by atoms with Gasteiger partial charge in [-0.25, -0.2) is 16.8 Å². The van der Waals surface area contributed by atoms with Crippen LogP contribution in [0, 0.1) is 5.82 Å². The van der Waals surface area contributed by atoms with Crippen molar-refractivity contribution >= 4 is 22.0 Å². The van der Waals surface area contributed by atoms with Crippen LogP contribution in [0.3, 0.4) is 0 Å². The van der Waals surface area contributed by atoms with E-state index >= 15 is 0 Å². The summed E-state index contributed by atoms with van der Waals surface area (Å²) in [5.41, 5.74) is 0.0979. The van der Waals surface area contributed by atoms with Gasteiger partial charge in [0.25, 0.3) is 10.0 Å². The molecule has 0 aliphatic carbocycles. The molecule has 192 valence electrons. The first-order valence-corrected chi connectivity index (χ1v) is 12.1. The van der Waals surface area contributed by atoms with E-state index in [4.69, 9.17) is 5.11 Å². The quantitative estimate of drug-likeness (QED) is 0.270. The summed E-state index contributed by atoms with van der Waals surface area (Å²) < 4.78 is 42.3. The standard InChI is InChI=1S/C23H24FN3O8S/c24-19-6-2-1-5-18(19)20-8-15(12-27(20)36(34,35)17-4-3-7-25-10-17)11-26(13-16(29)14-28)21(23(32)33)9-22(30)31/h1-8,10,12,16,21,28-29H,9,11,13-14H2,(H,30,31)(H,32,33). The number of aliphatic hydroxyl groups excluding tert-OH is 2. The van der Waals surface area contributed by atoms with E-state index in [1.165, 1.54) is 48.8 Å². The first kappa shape index (κ1) is 26.9. The number of carboxylic acids is 2. The summed E-state index contributed by atoms with van der Waals surface area (Å²) in [5, 5.41) is 37.9. The molecule has 4 N–H and O–H groups in total. The first-order valence-electron chi connectivity index (χ1n) is 10.6. The number of hydrogen-bond acceptors (Lipinski definition) is 8. The molecule has 0 radical (unpaired) electrons. The number of aromatic nitrogens is 2. The molecule has 2 heterocycles. The molecule has 3 aromatic rings. The molecule has 3 rings (SSSR count). The number of aliphatic carboxylic acids is 2. The number of hydrogen-bond donors (Lipinski definition) is 4. The van der Waals surface area contributed by atoms with Gasteiger partial charge in [-0.3, -0.25) is 19.5 Å². The lowest BCUT2D eigenvalue weighted by molar-refractivity contribution is -0.150. The molecular weight excluding hydrogens is 497 g/mol. The summed E-state index contributed by atoms with van der Waals surface area (Å²) >= 11 is 0. The van der Waals surface area contributed by atoms with Crippen LogP contribution in [0.15, 0.2) is 66.0 Å². The summed E-state index contributed by atoms with van der Waals surface area (Å²) in [4.78, 5) is 27.8. The zero-order valence-electron chi connectivity index (χ0n) is 18.8. The van der Waals surface area contributed by atoms with Crippen molar-refractivity contribution in [3.8, 4) is 11.3 Å². The van der Waals surface area contributed by atoms with Gasteiger partial charge in [-0.2, -0.15) is 0 Å². The zero-order chi connectivity index (χ0) is 26.5. The van der Waals surface area contributed by atoms with Crippen molar-refractivity contribution in [3.05, 3.63) is 72.4 Å². The summed E-state index contributed by atoms with van der Waals surface area (Å²) in [6, 6.07) is 7.95. The maximum atomic E-state index is 14.7. The minimum atomic E-state index is -4.26. The van der Waals surface area contributed by atoms with Gasteiger partial charge in [-0.1, -0.05) is 12.1 Å². The van der Waals surface area contributed by atoms with E-state index in [1.54, 1.807) is 0 Å². The van der Waals surface area contributed by atoms with Crippen LogP contribution in [-0.2, 0) is 26.2 Å². The summed E-state index contributed by atoms with van der Waals surface area (Å²) in [6.45, 7) is -1.46. The fourth-order valence-corrected chi connectivity index (χ4v) is 5.02. The Morgan fingerprint density at radius 2 is 1.86 bits per heavy atom. The molecule has 0 saturated carbocycles. The molecule has 0 aliphatic rings. The molecule has 36 heavy (non-hydrogen) atoms. The lowest BCUT2D eigenvalue weighted by Crippen LogP contribution is -2.46. The number of nitrogens with zero attached hydrogens (tertiary/aromatic N) is 3. The SMILES string of the molecule is O=C(O)CC(C(=O)O)N(Cc1cc(-c2ccccc2F)n(S(=O)(=O)c2cccnc2)c1)CC(O)CO. The number of rotatable bonds is 12. The Bertz CT molecular complexity index is 1330. The number of pyridine rings is 1. The second-order valence-corrected chi connectivity index (χ2v) is 9.74. The first-order chi connectivity index (χ1) is 17.0. The highest BCUT2D eigenvalue weighted by atomic mass is 32.2. The van der Waals surface area contributed by atoms with Crippen LogP contribution in [0.2, 0.25) is 0 Å². The van der Waals surface area contributed by atoms with Crippen LogP contribution in [0.25, 0.3) is 11.3 Å². The number of aliphatic hydroxyl groups is 2. The maximum Gasteiger partial charge on any atom is 0.321 e. The van der Waals surface area contributed by atoms with E-state index in [9.17, 15) is 37.7 Å². The predicted octanol–water partition coefficient (Wildman–Crippen LogP) is 1.01. The second-order valence-electron chi connectivity index (χ2n) is 7.92. The van der Waals surface area contributed by atoms with Crippen molar-refractivity contribution < 1.29 is 42.8 Å². The van der Waals surface area contributed by atoms with Crippen molar-refractivity contribution in [2.24, 2.45) is 0 Å². The van der Waals surface area contributed by atoms with Crippen LogP contribution >= 0.6 is 0 Å². The Labute approximate surface area is 205 Å². The summed E-state index contributed by atoms with van der Waals surface area (Å²) in [5.74, 6) is -3.60. The number of carbonyl (C=O) groups is 2. The maximum absolute atomic E-state index is 14.7. The van der Waals surface area contributed by atoms with E-state index in [2.05, 4.69) is 4.98 Å². The van der Waals surface area contributed by atoms with Crippen LogP contribution in [0.4, 0.5) is 4.39 Å². The molecule has 0 bridgehead atoms. The average Bonchev–Trinajstić information content (AvgIpc) is 3.27. The highest BCUT2D eigenvalue weighted by molar-refractivity contribution is 7.90. The number of benzene rings is 1. The Morgan fingerprint density at radius 3 is 2.44 bits per heavy atom. The van der Waals surface area contributed by atoms with Crippen molar-refractivity contribution in [2.45, 2.75) is 30.0 Å². The lowest BCUT2D eigenvalue weighted by Gasteiger charge is -2.29. The Morgan fingerprint density at radius 1 is 1.14 bits per heavy atom. The van der Waals surface area contributed by atoms with Crippen LogP contribution in [-0.4, -0.2) is 79.9 Å². The molecule has 2 atom stereocenters. The highest BCUT2D eigenvalue weighted by Gasteiger charge is 2.31. The van der Waals surface area contributed by atoms with Gasteiger partial charge in [0.05, 0.1) is 24.8 Å². The fourth-order valence-electron chi connectivity index (χ4n) is 3.66. The molecule has 11 nitrogen and oxygen atoms in total. The van der Waals surface area contributed by atoms with Gasteiger partial charge >= 0.3 is 11.9 Å². The van der Waals surface area contributed by atoms with Gasteiger partial charge in [-0.05, 0) is 35.9 Å². The molecule has 0 amide bonds. The van der Waals surface area contributed by atoms with E-state index in [-0.39, 0.29) is 28.3 Å². The summed E-state index contributed by atoms with van der Waals surface area (Å²) in [6.07, 6.45) is 1.46. The minimum absolute atomic E-state index is 0.0431. The van der Waals surface area contributed by atoms with Crippen LogP contribution < -0.4 is 0 Å². The fraction of sp³-hybridized carbons (Fsp3) is 0.261.